The second-order valence-corrected chi connectivity index (χ2v) is 4.20. The number of aryl methyl sites for hydroxylation is 1. The largest absolute Gasteiger partial charge is 0.468 e. The fraction of sp³-hybridized carbons (Fsp3) is 0.286. The monoisotopic (exact) mass is 259 g/mol. The third-order valence-electron chi connectivity index (χ3n) is 2.96. The zero-order valence-corrected chi connectivity index (χ0v) is 11.0. The number of aromatic nitrogens is 2. The molecule has 1 unspecified atom stereocenters. The number of methoxy groups -OCH3 is 1. The molecule has 5 nitrogen and oxygen atoms in total. The van der Waals surface area contributed by atoms with E-state index in [2.05, 4.69) is 10.3 Å². The molecule has 1 atom stereocenters. The molecule has 1 aromatic carbocycles. The summed E-state index contributed by atoms with van der Waals surface area (Å²) in [4.78, 5) is 16.1. The van der Waals surface area contributed by atoms with Crippen LogP contribution in [-0.4, -0.2) is 22.6 Å². The first kappa shape index (κ1) is 13.3. The number of hydrogen-bond donors (Lipinski definition) is 1. The highest BCUT2D eigenvalue weighted by molar-refractivity contribution is 5.77. The van der Waals surface area contributed by atoms with Crippen molar-refractivity contribution in [2.45, 2.75) is 12.6 Å². The molecule has 100 valence electrons. The smallest absolute Gasteiger partial charge is 0.327 e. The van der Waals surface area contributed by atoms with Crippen LogP contribution in [0.1, 0.15) is 17.4 Å². The van der Waals surface area contributed by atoms with Gasteiger partial charge in [-0.05, 0) is 5.56 Å². The lowest BCUT2D eigenvalue weighted by molar-refractivity contribution is -0.143. The third kappa shape index (κ3) is 3.20. The van der Waals surface area contributed by atoms with Crippen LogP contribution in [0.2, 0.25) is 0 Å². The molecule has 0 aliphatic heterocycles. The zero-order chi connectivity index (χ0) is 13.7. The van der Waals surface area contributed by atoms with Crippen molar-refractivity contribution < 1.29 is 9.53 Å². The minimum atomic E-state index is -0.483. The van der Waals surface area contributed by atoms with Gasteiger partial charge in [0, 0.05) is 19.4 Å². The summed E-state index contributed by atoms with van der Waals surface area (Å²) >= 11 is 0. The molecular weight excluding hydrogens is 242 g/mol. The Bertz CT molecular complexity index is 537. The highest BCUT2D eigenvalue weighted by Crippen LogP contribution is 2.14. The molecule has 0 spiro atoms. The van der Waals surface area contributed by atoms with Gasteiger partial charge in [-0.1, -0.05) is 30.3 Å². The number of imidazole rings is 1. The fourth-order valence-corrected chi connectivity index (χ4v) is 1.86. The van der Waals surface area contributed by atoms with E-state index in [-0.39, 0.29) is 5.97 Å². The van der Waals surface area contributed by atoms with Gasteiger partial charge in [0.05, 0.1) is 13.7 Å². The highest BCUT2D eigenvalue weighted by atomic mass is 16.5. The molecule has 0 saturated carbocycles. The second kappa shape index (κ2) is 6.15. The van der Waals surface area contributed by atoms with Crippen LogP contribution >= 0.6 is 0 Å². The maximum atomic E-state index is 11.8. The first-order valence-corrected chi connectivity index (χ1v) is 6.04. The van der Waals surface area contributed by atoms with Crippen LogP contribution in [0.3, 0.4) is 0 Å². The van der Waals surface area contributed by atoms with Gasteiger partial charge in [-0.15, -0.1) is 0 Å². The summed E-state index contributed by atoms with van der Waals surface area (Å²) in [6.45, 7) is 0.498. The van der Waals surface area contributed by atoms with E-state index in [1.807, 2.05) is 48.1 Å². The first-order valence-electron chi connectivity index (χ1n) is 6.04. The van der Waals surface area contributed by atoms with E-state index in [9.17, 15) is 4.79 Å². The summed E-state index contributed by atoms with van der Waals surface area (Å²) in [5.74, 6) is 0.560. The Morgan fingerprint density at radius 1 is 1.42 bits per heavy atom. The van der Waals surface area contributed by atoms with Crippen LogP contribution in [0.4, 0.5) is 0 Å². The molecule has 0 amide bonds. The Balaban J connectivity index is 2.11. The zero-order valence-electron chi connectivity index (χ0n) is 11.0. The Hall–Kier alpha value is -2.14. The van der Waals surface area contributed by atoms with E-state index in [0.29, 0.717) is 6.54 Å². The van der Waals surface area contributed by atoms with Gasteiger partial charge in [0.1, 0.15) is 11.9 Å². The minimum absolute atomic E-state index is 0.305. The third-order valence-corrected chi connectivity index (χ3v) is 2.96. The van der Waals surface area contributed by atoms with Crippen LogP contribution in [0.25, 0.3) is 0 Å². The van der Waals surface area contributed by atoms with Gasteiger partial charge in [-0.2, -0.15) is 0 Å². The van der Waals surface area contributed by atoms with Gasteiger partial charge in [-0.25, -0.2) is 9.78 Å². The van der Waals surface area contributed by atoms with E-state index in [0.717, 1.165) is 11.4 Å². The van der Waals surface area contributed by atoms with Crippen LogP contribution < -0.4 is 5.32 Å². The molecule has 1 N–H and O–H groups in total. The van der Waals surface area contributed by atoms with E-state index < -0.39 is 6.04 Å². The van der Waals surface area contributed by atoms with Crippen LogP contribution in [0, 0.1) is 0 Å². The van der Waals surface area contributed by atoms with E-state index in [1.54, 1.807) is 6.20 Å². The van der Waals surface area contributed by atoms with Crippen molar-refractivity contribution in [3.8, 4) is 0 Å². The lowest BCUT2D eigenvalue weighted by atomic mass is 10.1. The van der Waals surface area contributed by atoms with Crippen molar-refractivity contribution in [2.75, 3.05) is 7.11 Å². The summed E-state index contributed by atoms with van der Waals surface area (Å²) in [5.41, 5.74) is 0.878. The van der Waals surface area contributed by atoms with Crippen LogP contribution in [0.5, 0.6) is 0 Å². The SMILES string of the molecule is COC(=O)C(NCc1nccn1C)c1ccccc1. The number of rotatable bonds is 5. The van der Waals surface area contributed by atoms with Gasteiger partial charge >= 0.3 is 5.97 Å². The summed E-state index contributed by atoms with van der Waals surface area (Å²) in [7, 11) is 3.31. The summed E-state index contributed by atoms with van der Waals surface area (Å²) in [6, 6.07) is 9.01. The van der Waals surface area contributed by atoms with Gasteiger partial charge < -0.3 is 9.30 Å². The highest BCUT2D eigenvalue weighted by Gasteiger charge is 2.20. The molecule has 0 radical (unpaired) electrons. The van der Waals surface area contributed by atoms with Gasteiger partial charge in [0.15, 0.2) is 0 Å². The fourth-order valence-electron chi connectivity index (χ4n) is 1.86. The van der Waals surface area contributed by atoms with Crippen molar-refractivity contribution in [3.05, 3.63) is 54.1 Å². The Kier molecular flexibility index (Phi) is 4.30. The molecule has 2 aromatic rings. The Morgan fingerprint density at radius 3 is 2.74 bits per heavy atom. The number of carbonyl (C=O) groups is 1. The number of nitrogens with one attached hydrogen (secondary N) is 1. The van der Waals surface area contributed by atoms with Gasteiger partial charge in [0.2, 0.25) is 0 Å². The lowest BCUT2D eigenvalue weighted by Crippen LogP contribution is -2.30. The number of carbonyl (C=O) groups excluding carboxylic acids is 1. The number of nitrogens with zero attached hydrogens (tertiary/aromatic N) is 2. The maximum Gasteiger partial charge on any atom is 0.327 e. The number of ether oxygens (including phenoxy) is 1. The molecular formula is C14H17N3O2. The van der Waals surface area contributed by atoms with Crippen molar-refractivity contribution in [3.63, 3.8) is 0 Å². The summed E-state index contributed by atoms with van der Waals surface area (Å²) in [5, 5.41) is 3.17. The Morgan fingerprint density at radius 2 is 2.16 bits per heavy atom. The van der Waals surface area contributed by atoms with Crippen LogP contribution in [-0.2, 0) is 23.1 Å². The molecule has 0 bridgehead atoms. The summed E-state index contributed by atoms with van der Waals surface area (Å²) in [6.07, 6.45) is 3.60. The number of hydrogen-bond acceptors (Lipinski definition) is 4. The molecule has 0 fully saturated rings. The van der Waals surface area contributed by atoms with E-state index in [4.69, 9.17) is 4.74 Å². The van der Waals surface area contributed by atoms with Crippen molar-refractivity contribution in [1.29, 1.82) is 0 Å². The molecule has 5 heteroatoms. The van der Waals surface area contributed by atoms with E-state index in [1.165, 1.54) is 7.11 Å². The van der Waals surface area contributed by atoms with Gasteiger partial charge in [0.25, 0.3) is 0 Å². The van der Waals surface area contributed by atoms with Crippen molar-refractivity contribution in [2.24, 2.45) is 7.05 Å². The quantitative estimate of drug-likeness (QED) is 0.825. The predicted molar refractivity (Wildman–Crippen MR) is 71.2 cm³/mol. The molecule has 1 aromatic heterocycles. The van der Waals surface area contributed by atoms with Crippen molar-refractivity contribution in [1.82, 2.24) is 14.9 Å². The summed E-state index contributed by atoms with van der Waals surface area (Å²) < 4.78 is 6.75. The molecule has 0 aliphatic rings. The first-order chi connectivity index (χ1) is 9.22. The average Bonchev–Trinajstić information content (AvgIpc) is 2.85. The molecule has 1 heterocycles. The van der Waals surface area contributed by atoms with Gasteiger partial charge in [-0.3, -0.25) is 5.32 Å². The number of esters is 1. The average molecular weight is 259 g/mol. The van der Waals surface area contributed by atoms with E-state index >= 15 is 0 Å². The lowest BCUT2D eigenvalue weighted by Gasteiger charge is -2.16. The molecule has 19 heavy (non-hydrogen) atoms. The second-order valence-electron chi connectivity index (χ2n) is 4.20. The molecule has 0 aliphatic carbocycles. The van der Waals surface area contributed by atoms with Crippen LogP contribution in [0.15, 0.2) is 42.7 Å². The Labute approximate surface area is 112 Å². The molecule has 2 rings (SSSR count). The minimum Gasteiger partial charge on any atom is -0.468 e. The normalized spacial score (nSPS) is 12.1. The van der Waals surface area contributed by atoms with Crippen molar-refractivity contribution >= 4 is 5.97 Å². The molecule has 0 saturated heterocycles. The predicted octanol–water partition coefficient (Wildman–Crippen LogP) is 1.42. The standard InChI is InChI=1S/C14H17N3O2/c1-17-9-8-15-12(17)10-16-13(14(18)19-2)11-6-4-3-5-7-11/h3-9,13,16H,10H2,1-2H3. The topological polar surface area (TPSA) is 56.1 Å². The number of benzene rings is 1. The maximum absolute atomic E-state index is 11.8.